The molecular weight excluding hydrogens is 300 g/mol. The monoisotopic (exact) mass is 310 g/mol. The Morgan fingerprint density at radius 2 is 2.33 bits per heavy atom. The second kappa shape index (κ2) is 5.63. The number of halogens is 1. The maximum Gasteiger partial charge on any atom is 0.252 e. The molecule has 1 aromatic carbocycles. The summed E-state index contributed by atoms with van der Waals surface area (Å²) in [6.45, 7) is 0.430. The first-order valence-electron chi connectivity index (χ1n) is 5.25. The Hall–Kier alpha value is -1.89. The number of anilines is 1. The average Bonchev–Trinajstić information content (AvgIpc) is 2.85. The third-order valence-corrected chi connectivity index (χ3v) is 2.97. The highest BCUT2D eigenvalue weighted by Crippen LogP contribution is 2.19. The molecule has 0 fully saturated rings. The Kier molecular flexibility index (Phi) is 3.93. The van der Waals surface area contributed by atoms with E-state index in [-0.39, 0.29) is 5.91 Å². The van der Waals surface area contributed by atoms with Gasteiger partial charge in [0.15, 0.2) is 5.82 Å². The largest absolute Gasteiger partial charge is 0.399 e. The Balaban J connectivity index is 1.93. The summed E-state index contributed by atoms with van der Waals surface area (Å²) in [6, 6.07) is 5.08. The van der Waals surface area contributed by atoms with E-state index >= 15 is 0 Å². The summed E-state index contributed by atoms with van der Waals surface area (Å²) in [7, 11) is 0. The second-order valence-electron chi connectivity index (χ2n) is 3.59. The number of carbonyl (C=O) groups excluding carboxylic acids is 1. The molecule has 0 saturated heterocycles. The van der Waals surface area contributed by atoms with Gasteiger partial charge in [-0.05, 0) is 34.1 Å². The first kappa shape index (κ1) is 12.6. The quantitative estimate of drug-likeness (QED) is 0.832. The van der Waals surface area contributed by atoms with Gasteiger partial charge in [-0.1, -0.05) is 5.16 Å². The standard InChI is InChI=1S/C11H11BrN4O2/c12-9-2-1-7(13)5-8(9)11(17)14-4-3-10-15-6-18-16-10/h1-2,5-6H,3-4,13H2,(H,14,17). The van der Waals surface area contributed by atoms with E-state index in [1.807, 2.05) is 0 Å². The van der Waals surface area contributed by atoms with Crippen molar-refractivity contribution in [3.05, 3.63) is 40.5 Å². The number of nitrogens with one attached hydrogen (secondary N) is 1. The minimum Gasteiger partial charge on any atom is -0.399 e. The molecule has 0 unspecified atom stereocenters. The summed E-state index contributed by atoms with van der Waals surface area (Å²) in [5.74, 6) is 0.361. The fourth-order valence-electron chi connectivity index (χ4n) is 1.40. The summed E-state index contributed by atoms with van der Waals surface area (Å²) >= 11 is 3.31. The number of amides is 1. The van der Waals surface area contributed by atoms with Crippen LogP contribution in [0.1, 0.15) is 16.2 Å². The highest BCUT2D eigenvalue weighted by atomic mass is 79.9. The van der Waals surface area contributed by atoms with Crippen molar-refractivity contribution in [3.8, 4) is 0 Å². The van der Waals surface area contributed by atoms with Crippen LogP contribution in [-0.4, -0.2) is 22.6 Å². The molecule has 1 heterocycles. The first-order valence-corrected chi connectivity index (χ1v) is 6.04. The topological polar surface area (TPSA) is 94.0 Å². The molecule has 3 N–H and O–H groups in total. The average molecular weight is 311 g/mol. The lowest BCUT2D eigenvalue weighted by Gasteiger charge is -2.06. The van der Waals surface area contributed by atoms with Gasteiger partial charge in [-0.15, -0.1) is 0 Å². The van der Waals surface area contributed by atoms with Gasteiger partial charge in [0.1, 0.15) is 0 Å². The fourth-order valence-corrected chi connectivity index (χ4v) is 1.83. The van der Waals surface area contributed by atoms with Gasteiger partial charge in [-0.25, -0.2) is 0 Å². The van der Waals surface area contributed by atoms with Crippen molar-refractivity contribution < 1.29 is 9.32 Å². The molecule has 0 aliphatic rings. The molecule has 2 aromatic rings. The summed E-state index contributed by atoms with van der Waals surface area (Å²) in [5.41, 5.74) is 6.68. The molecule has 1 aromatic heterocycles. The molecule has 2 rings (SSSR count). The number of benzene rings is 1. The fraction of sp³-hybridized carbons (Fsp3) is 0.182. The zero-order valence-corrected chi connectivity index (χ0v) is 11.0. The minimum atomic E-state index is -0.197. The summed E-state index contributed by atoms with van der Waals surface area (Å²) in [6.07, 6.45) is 1.77. The van der Waals surface area contributed by atoms with Crippen LogP contribution in [0.4, 0.5) is 5.69 Å². The van der Waals surface area contributed by atoms with Crippen molar-refractivity contribution in [2.75, 3.05) is 12.3 Å². The normalized spacial score (nSPS) is 10.3. The Bertz CT molecular complexity index is 542. The molecule has 18 heavy (non-hydrogen) atoms. The lowest BCUT2D eigenvalue weighted by atomic mass is 10.2. The van der Waals surface area contributed by atoms with Crippen molar-refractivity contribution in [2.45, 2.75) is 6.42 Å². The molecule has 1 amide bonds. The molecular formula is C11H11BrN4O2. The van der Waals surface area contributed by atoms with E-state index in [0.29, 0.717) is 34.5 Å². The molecule has 0 aliphatic heterocycles. The van der Waals surface area contributed by atoms with Gasteiger partial charge in [-0.3, -0.25) is 4.79 Å². The lowest BCUT2D eigenvalue weighted by Crippen LogP contribution is -2.26. The molecule has 0 saturated carbocycles. The predicted octanol–water partition coefficient (Wildman–Crippen LogP) is 1.39. The van der Waals surface area contributed by atoms with Crippen LogP contribution in [0.3, 0.4) is 0 Å². The van der Waals surface area contributed by atoms with Crippen LogP contribution >= 0.6 is 15.9 Å². The van der Waals surface area contributed by atoms with Gasteiger partial charge >= 0.3 is 0 Å². The van der Waals surface area contributed by atoms with E-state index in [9.17, 15) is 4.79 Å². The van der Waals surface area contributed by atoms with Crippen LogP contribution in [-0.2, 0) is 6.42 Å². The lowest BCUT2D eigenvalue weighted by molar-refractivity contribution is 0.0953. The number of rotatable bonds is 4. The Labute approximate surface area is 112 Å². The van der Waals surface area contributed by atoms with E-state index in [4.69, 9.17) is 5.73 Å². The van der Waals surface area contributed by atoms with Gasteiger partial charge in [-0.2, -0.15) is 4.98 Å². The molecule has 0 radical (unpaired) electrons. The van der Waals surface area contributed by atoms with Crippen LogP contribution in [0, 0.1) is 0 Å². The number of carbonyl (C=O) groups is 1. The van der Waals surface area contributed by atoms with Gasteiger partial charge in [0.05, 0.1) is 5.56 Å². The van der Waals surface area contributed by atoms with Crippen molar-refractivity contribution in [2.24, 2.45) is 0 Å². The Morgan fingerprint density at radius 3 is 3.06 bits per heavy atom. The molecule has 7 heteroatoms. The number of hydrogen-bond acceptors (Lipinski definition) is 5. The smallest absolute Gasteiger partial charge is 0.252 e. The number of hydrogen-bond donors (Lipinski definition) is 2. The minimum absolute atomic E-state index is 0.197. The van der Waals surface area contributed by atoms with Crippen molar-refractivity contribution in [1.29, 1.82) is 0 Å². The molecule has 0 spiro atoms. The third-order valence-electron chi connectivity index (χ3n) is 2.28. The van der Waals surface area contributed by atoms with E-state index in [1.165, 1.54) is 6.39 Å². The summed E-state index contributed by atoms with van der Waals surface area (Å²) in [4.78, 5) is 15.7. The van der Waals surface area contributed by atoms with Crippen LogP contribution in [0.5, 0.6) is 0 Å². The maximum absolute atomic E-state index is 11.9. The van der Waals surface area contributed by atoms with Crippen molar-refractivity contribution in [1.82, 2.24) is 15.5 Å². The van der Waals surface area contributed by atoms with Crippen LogP contribution in [0.25, 0.3) is 0 Å². The molecule has 0 atom stereocenters. The predicted molar refractivity (Wildman–Crippen MR) is 68.9 cm³/mol. The highest BCUT2D eigenvalue weighted by molar-refractivity contribution is 9.10. The van der Waals surface area contributed by atoms with E-state index in [0.717, 1.165) is 0 Å². The van der Waals surface area contributed by atoms with E-state index in [2.05, 4.69) is 35.9 Å². The second-order valence-corrected chi connectivity index (χ2v) is 4.45. The zero-order valence-electron chi connectivity index (χ0n) is 9.39. The van der Waals surface area contributed by atoms with Gasteiger partial charge < -0.3 is 15.6 Å². The molecule has 0 aliphatic carbocycles. The number of nitrogens with zero attached hydrogens (tertiary/aromatic N) is 2. The molecule has 0 bridgehead atoms. The van der Waals surface area contributed by atoms with Gasteiger partial charge in [0.2, 0.25) is 6.39 Å². The maximum atomic E-state index is 11.9. The first-order chi connectivity index (χ1) is 8.66. The number of nitrogens with two attached hydrogens (primary N) is 1. The summed E-state index contributed by atoms with van der Waals surface area (Å²) < 4.78 is 5.30. The zero-order chi connectivity index (χ0) is 13.0. The van der Waals surface area contributed by atoms with Crippen molar-refractivity contribution >= 4 is 27.5 Å². The molecule has 94 valence electrons. The number of nitrogen functional groups attached to an aromatic ring is 1. The van der Waals surface area contributed by atoms with Gasteiger partial charge in [0, 0.05) is 23.1 Å². The van der Waals surface area contributed by atoms with Crippen LogP contribution < -0.4 is 11.1 Å². The van der Waals surface area contributed by atoms with Crippen LogP contribution in [0.15, 0.2) is 33.6 Å². The molecule has 6 nitrogen and oxygen atoms in total. The highest BCUT2D eigenvalue weighted by Gasteiger charge is 2.10. The van der Waals surface area contributed by atoms with E-state index in [1.54, 1.807) is 18.2 Å². The number of aromatic nitrogens is 2. The van der Waals surface area contributed by atoms with Gasteiger partial charge in [0.25, 0.3) is 5.91 Å². The third kappa shape index (κ3) is 3.07. The summed E-state index contributed by atoms with van der Waals surface area (Å²) in [5, 5.41) is 6.41. The Morgan fingerprint density at radius 1 is 1.50 bits per heavy atom. The van der Waals surface area contributed by atoms with Crippen LogP contribution in [0.2, 0.25) is 0 Å². The van der Waals surface area contributed by atoms with E-state index < -0.39 is 0 Å². The van der Waals surface area contributed by atoms with Crippen molar-refractivity contribution in [3.63, 3.8) is 0 Å². The SMILES string of the molecule is Nc1ccc(Br)c(C(=O)NCCc2ncon2)c1.